The van der Waals surface area contributed by atoms with Crippen molar-refractivity contribution in [1.29, 1.82) is 5.26 Å². The van der Waals surface area contributed by atoms with Gasteiger partial charge in [0.2, 0.25) is 5.91 Å². The molecule has 1 aromatic carbocycles. The summed E-state index contributed by atoms with van der Waals surface area (Å²) in [5.41, 5.74) is 1.64. The first-order valence-electron chi connectivity index (χ1n) is 8.07. The summed E-state index contributed by atoms with van der Waals surface area (Å²) in [7, 11) is 0. The van der Waals surface area contributed by atoms with Gasteiger partial charge in [-0.1, -0.05) is 30.0 Å². The Morgan fingerprint density at radius 2 is 2.12 bits per heavy atom. The van der Waals surface area contributed by atoms with Crippen LogP contribution in [0.3, 0.4) is 0 Å². The van der Waals surface area contributed by atoms with Crippen LogP contribution < -0.4 is 5.32 Å². The summed E-state index contributed by atoms with van der Waals surface area (Å²) >= 11 is 2.98. The van der Waals surface area contributed by atoms with Crippen LogP contribution in [-0.4, -0.2) is 26.4 Å². The molecule has 3 aromatic rings. The molecule has 3 rings (SSSR count). The van der Waals surface area contributed by atoms with Gasteiger partial charge >= 0.3 is 0 Å². The van der Waals surface area contributed by atoms with Crippen LogP contribution >= 0.6 is 23.1 Å². The minimum atomic E-state index is -0.105. The van der Waals surface area contributed by atoms with Crippen molar-refractivity contribution in [3.8, 4) is 16.8 Å². The summed E-state index contributed by atoms with van der Waals surface area (Å²) in [5.74, 6) is 0.979. The Balaban J connectivity index is 1.60. The van der Waals surface area contributed by atoms with Crippen LogP contribution in [-0.2, 0) is 17.8 Å². The van der Waals surface area contributed by atoms with Gasteiger partial charge in [-0.05, 0) is 36.1 Å². The fraction of sp³-hybridized carbons (Fsp3) is 0.222. The van der Waals surface area contributed by atoms with E-state index in [1.807, 2.05) is 41.1 Å². The number of nitrogens with zero attached hydrogens (tertiary/aromatic N) is 4. The van der Waals surface area contributed by atoms with Crippen molar-refractivity contribution in [2.45, 2.75) is 25.0 Å². The van der Waals surface area contributed by atoms with Gasteiger partial charge in [-0.2, -0.15) is 5.26 Å². The molecule has 1 N–H and O–H groups in total. The van der Waals surface area contributed by atoms with Crippen LogP contribution in [0.4, 0.5) is 5.69 Å². The Kier molecular flexibility index (Phi) is 6.04. The third kappa shape index (κ3) is 4.31. The predicted molar refractivity (Wildman–Crippen MR) is 104 cm³/mol. The fourth-order valence-corrected chi connectivity index (χ4v) is 3.91. The lowest BCUT2D eigenvalue weighted by Gasteiger charge is -2.07. The van der Waals surface area contributed by atoms with Gasteiger partial charge in [0.25, 0.3) is 0 Å². The number of amides is 1. The molecule has 0 radical (unpaired) electrons. The lowest BCUT2D eigenvalue weighted by molar-refractivity contribution is -0.113. The number of benzene rings is 1. The number of thioether (sulfide) groups is 1. The zero-order valence-corrected chi connectivity index (χ0v) is 15.8. The number of hydrogen-bond donors (Lipinski definition) is 1. The molecule has 132 valence electrons. The molecular weight excluding hydrogens is 366 g/mol. The van der Waals surface area contributed by atoms with Gasteiger partial charge in [-0.25, -0.2) is 0 Å². The van der Waals surface area contributed by atoms with Crippen LogP contribution in [0.5, 0.6) is 0 Å². The Hall–Kier alpha value is -2.63. The van der Waals surface area contributed by atoms with E-state index in [2.05, 4.69) is 21.6 Å². The smallest absolute Gasteiger partial charge is 0.234 e. The van der Waals surface area contributed by atoms with Crippen molar-refractivity contribution in [1.82, 2.24) is 14.8 Å². The Morgan fingerprint density at radius 1 is 1.31 bits per heavy atom. The van der Waals surface area contributed by atoms with Crippen LogP contribution in [0.2, 0.25) is 0 Å². The molecule has 0 spiro atoms. The highest BCUT2D eigenvalue weighted by Gasteiger charge is 2.15. The zero-order chi connectivity index (χ0) is 18.4. The number of anilines is 1. The normalized spacial score (nSPS) is 10.5. The second-order valence-corrected chi connectivity index (χ2v) is 7.29. The highest BCUT2D eigenvalue weighted by molar-refractivity contribution is 7.99. The maximum atomic E-state index is 12.2. The number of rotatable bonds is 7. The molecular formula is C18H17N5OS2. The van der Waals surface area contributed by atoms with Gasteiger partial charge in [0, 0.05) is 12.2 Å². The number of hydrogen-bond acceptors (Lipinski definition) is 6. The molecule has 0 saturated carbocycles. The van der Waals surface area contributed by atoms with Crippen LogP contribution in [0, 0.1) is 11.3 Å². The van der Waals surface area contributed by atoms with Crippen molar-refractivity contribution < 1.29 is 4.79 Å². The third-order valence-electron chi connectivity index (χ3n) is 3.63. The van der Waals surface area contributed by atoms with Gasteiger partial charge in [0.1, 0.15) is 0 Å². The van der Waals surface area contributed by atoms with Gasteiger partial charge in [-0.15, -0.1) is 21.5 Å². The van der Waals surface area contributed by atoms with Gasteiger partial charge in [0.05, 0.1) is 23.1 Å². The molecule has 2 aromatic heterocycles. The van der Waals surface area contributed by atoms with Crippen LogP contribution in [0.15, 0.2) is 46.9 Å². The molecule has 0 bridgehead atoms. The second-order valence-electron chi connectivity index (χ2n) is 5.40. The summed E-state index contributed by atoms with van der Waals surface area (Å²) in [6.07, 6.45) is 0.364. The van der Waals surface area contributed by atoms with Crippen molar-refractivity contribution in [3.05, 3.63) is 47.3 Å². The number of nitrogens with one attached hydrogen (secondary N) is 1. The molecule has 0 aliphatic heterocycles. The summed E-state index contributed by atoms with van der Waals surface area (Å²) in [4.78, 5) is 13.3. The Bertz CT molecular complexity index is 910. The lowest BCUT2D eigenvalue weighted by Crippen LogP contribution is -2.14. The predicted octanol–water partition coefficient (Wildman–Crippen LogP) is 3.82. The average molecular weight is 384 g/mol. The Morgan fingerprint density at radius 3 is 2.77 bits per heavy atom. The number of carbonyl (C=O) groups is 1. The first-order valence-corrected chi connectivity index (χ1v) is 9.93. The fourth-order valence-electron chi connectivity index (χ4n) is 2.39. The quantitative estimate of drug-likeness (QED) is 0.627. The van der Waals surface area contributed by atoms with E-state index in [9.17, 15) is 4.79 Å². The van der Waals surface area contributed by atoms with Gasteiger partial charge < -0.3 is 9.88 Å². The minimum Gasteiger partial charge on any atom is -0.325 e. The van der Waals surface area contributed by atoms with Gasteiger partial charge in [0.15, 0.2) is 11.0 Å². The van der Waals surface area contributed by atoms with E-state index in [0.29, 0.717) is 12.1 Å². The number of carbonyl (C=O) groups excluding carboxylic acids is 1. The SMILES string of the molecule is CCn1c(SCC(=O)Nc2ccc(CC#N)cc2)nnc1-c1cccs1. The first-order chi connectivity index (χ1) is 12.7. The van der Waals surface area contributed by atoms with Crippen molar-refractivity contribution in [2.75, 3.05) is 11.1 Å². The van der Waals surface area contributed by atoms with E-state index in [4.69, 9.17) is 5.26 Å². The largest absolute Gasteiger partial charge is 0.325 e. The van der Waals surface area contributed by atoms with E-state index < -0.39 is 0 Å². The molecule has 0 aliphatic rings. The topological polar surface area (TPSA) is 83.6 Å². The van der Waals surface area contributed by atoms with E-state index in [1.54, 1.807) is 23.5 Å². The van der Waals surface area contributed by atoms with E-state index in [-0.39, 0.29) is 11.7 Å². The molecule has 0 aliphatic carbocycles. The molecule has 26 heavy (non-hydrogen) atoms. The molecule has 0 unspecified atom stereocenters. The molecule has 2 heterocycles. The van der Waals surface area contributed by atoms with Crippen molar-refractivity contribution >= 4 is 34.7 Å². The molecule has 0 saturated heterocycles. The van der Waals surface area contributed by atoms with Crippen molar-refractivity contribution in [3.63, 3.8) is 0 Å². The standard InChI is InChI=1S/C18H17N5OS2/c1-2-23-17(15-4-3-11-25-15)21-22-18(23)26-12-16(24)20-14-7-5-13(6-8-14)9-10-19/h3-8,11H,2,9,12H2,1H3,(H,20,24). The van der Waals surface area contributed by atoms with Gasteiger partial charge in [-0.3, -0.25) is 4.79 Å². The second kappa shape index (κ2) is 8.65. The molecule has 0 atom stereocenters. The van der Waals surface area contributed by atoms with E-state index in [0.717, 1.165) is 28.0 Å². The third-order valence-corrected chi connectivity index (χ3v) is 5.46. The molecule has 1 amide bonds. The Labute approximate surface area is 159 Å². The zero-order valence-electron chi connectivity index (χ0n) is 14.2. The molecule has 6 nitrogen and oxygen atoms in total. The van der Waals surface area contributed by atoms with Crippen LogP contribution in [0.1, 0.15) is 12.5 Å². The maximum absolute atomic E-state index is 12.2. The van der Waals surface area contributed by atoms with Crippen LogP contribution in [0.25, 0.3) is 10.7 Å². The minimum absolute atomic E-state index is 0.105. The first kappa shape index (κ1) is 18.2. The lowest BCUT2D eigenvalue weighted by atomic mass is 10.1. The highest BCUT2D eigenvalue weighted by atomic mass is 32.2. The average Bonchev–Trinajstić information content (AvgIpc) is 3.31. The van der Waals surface area contributed by atoms with Crippen molar-refractivity contribution in [2.24, 2.45) is 0 Å². The summed E-state index contributed by atoms with van der Waals surface area (Å²) < 4.78 is 2.01. The summed E-state index contributed by atoms with van der Waals surface area (Å²) in [6.45, 7) is 2.78. The highest BCUT2D eigenvalue weighted by Crippen LogP contribution is 2.27. The number of thiophene rings is 1. The van der Waals surface area contributed by atoms with E-state index >= 15 is 0 Å². The monoisotopic (exact) mass is 383 g/mol. The van der Waals surface area contributed by atoms with E-state index in [1.165, 1.54) is 11.8 Å². The maximum Gasteiger partial charge on any atom is 0.234 e. The molecule has 0 fully saturated rings. The number of nitriles is 1. The molecule has 8 heteroatoms. The summed E-state index contributed by atoms with van der Waals surface area (Å²) in [6, 6.07) is 13.4. The summed E-state index contributed by atoms with van der Waals surface area (Å²) in [5, 5.41) is 22.8. The number of aromatic nitrogens is 3.